The maximum absolute atomic E-state index is 9.63. The van der Waals surface area contributed by atoms with Gasteiger partial charge in [-0.25, -0.2) is 0 Å². The first-order valence-corrected chi connectivity index (χ1v) is 7.23. The fourth-order valence-corrected chi connectivity index (χ4v) is 2.45. The van der Waals surface area contributed by atoms with E-state index in [9.17, 15) is 5.11 Å². The number of nitrogens with one attached hydrogen (secondary N) is 1. The highest BCUT2D eigenvalue weighted by molar-refractivity contribution is 5.15. The number of rotatable bonds is 7. The molecule has 0 spiro atoms. The topological polar surface area (TPSA) is 41.5 Å². The first kappa shape index (κ1) is 14.5. The molecule has 2 rings (SSSR count). The molecule has 1 aromatic rings. The molecule has 0 bridgehead atoms. The zero-order chi connectivity index (χ0) is 13.6. The van der Waals surface area contributed by atoms with E-state index in [0.29, 0.717) is 6.10 Å². The van der Waals surface area contributed by atoms with Crippen molar-refractivity contribution < 1.29 is 9.84 Å². The molecule has 1 fully saturated rings. The van der Waals surface area contributed by atoms with Crippen LogP contribution in [-0.4, -0.2) is 36.5 Å². The number of ether oxygens (including phenoxy) is 1. The van der Waals surface area contributed by atoms with Crippen molar-refractivity contribution in [2.24, 2.45) is 0 Å². The lowest BCUT2D eigenvalue weighted by atomic mass is 9.93. The highest BCUT2D eigenvalue weighted by Crippen LogP contribution is 2.16. The van der Waals surface area contributed by atoms with E-state index >= 15 is 0 Å². The van der Waals surface area contributed by atoms with Crippen molar-refractivity contribution in [3.8, 4) is 0 Å². The average molecular weight is 263 g/mol. The second-order valence-electron chi connectivity index (χ2n) is 5.72. The Hall–Kier alpha value is -0.900. The van der Waals surface area contributed by atoms with Gasteiger partial charge in [-0.2, -0.15) is 0 Å². The van der Waals surface area contributed by atoms with Crippen molar-refractivity contribution in [2.75, 3.05) is 19.8 Å². The van der Waals surface area contributed by atoms with E-state index in [0.717, 1.165) is 38.8 Å². The van der Waals surface area contributed by atoms with E-state index < -0.39 is 0 Å². The van der Waals surface area contributed by atoms with Gasteiger partial charge < -0.3 is 15.2 Å². The van der Waals surface area contributed by atoms with Gasteiger partial charge in [0.25, 0.3) is 0 Å². The normalized spacial score (nSPS) is 22.3. The van der Waals surface area contributed by atoms with Crippen LogP contribution in [-0.2, 0) is 11.2 Å². The second kappa shape index (κ2) is 7.04. The molecule has 0 amide bonds. The highest BCUT2D eigenvalue weighted by atomic mass is 16.5. The summed E-state index contributed by atoms with van der Waals surface area (Å²) in [6, 6.07) is 10.4. The summed E-state index contributed by atoms with van der Waals surface area (Å²) in [6.07, 6.45) is 4.53. The van der Waals surface area contributed by atoms with Gasteiger partial charge in [0.15, 0.2) is 0 Å². The van der Waals surface area contributed by atoms with Crippen molar-refractivity contribution in [3.63, 3.8) is 0 Å². The van der Waals surface area contributed by atoms with E-state index in [4.69, 9.17) is 4.74 Å². The minimum atomic E-state index is -0.220. The summed E-state index contributed by atoms with van der Waals surface area (Å²) < 4.78 is 5.61. The third kappa shape index (κ3) is 4.60. The summed E-state index contributed by atoms with van der Waals surface area (Å²) in [5.74, 6) is 0. The lowest BCUT2D eigenvalue weighted by Gasteiger charge is -2.30. The Morgan fingerprint density at radius 3 is 2.79 bits per heavy atom. The molecule has 1 aliphatic rings. The number of hydrogen-bond acceptors (Lipinski definition) is 3. The van der Waals surface area contributed by atoms with Gasteiger partial charge >= 0.3 is 0 Å². The third-order valence-electron chi connectivity index (χ3n) is 3.94. The Balaban J connectivity index is 1.79. The Labute approximate surface area is 116 Å². The lowest BCUT2D eigenvalue weighted by Crippen LogP contribution is -2.48. The third-order valence-corrected chi connectivity index (χ3v) is 3.94. The van der Waals surface area contributed by atoms with Gasteiger partial charge in [-0.1, -0.05) is 30.3 Å². The van der Waals surface area contributed by atoms with Crippen LogP contribution in [0.1, 0.15) is 31.7 Å². The van der Waals surface area contributed by atoms with E-state index in [1.54, 1.807) is 0 Å². The van der Waals surface area contributed by atoms with E-state index in [1.165, 1.54) is 5.56 Å². The van der Waals surface area contributed by atoms with Gasteiger partial charge in [-0.3, -0.25) is 0 Å². The van der Waals surface area contributed by atoms with Crippen molar-refractivity contribution >= 4 is 0 Å². The van der Waals surface area contributed by atoms with Gasteiger partial charge in [0.2, 0.25) is 0 Å². The molecule has 1 saturated heterocycles. The molecule has 2 N–H and O–H groups in total. The van der Waals surface area contributed by atoms with Crippen molar-refractivity contribution in [1.29, 1.82) is 0 Å². The van der Waals surface area contributed by atoms with E-state index in [-0.39, 0.29) is 12.1 Å². The molecule has 0 aromatic heterocycles. The average Bonchev–Trinajstić information content (AvgIpc) is 2.98. The molecule has 0 aliphatic carbocycles. The Morgan fingerprint density at radius 1 is 1.37 bits per heavy atom. The molecule has 0 radical (unpaired) electrons. The second-order valence-corrected chi connectivity index (χ2v) is 5.72. The number of hydrogen-bond donors (Lipinski definition) is 2. The monoisotopic (exact) mass is 263 g/mol. The fraction of sp³-hybridized carbons (Fsp3) is 0.625. The van der Waals surface area contributed by atoms with Crippen LogP contribution in [0.3, 0.4) is 0 Å². The molecule has 1 aromatic carbocycles. The maximum atomic E-state index is 9.63. The van der Waals surface area contributed by atoms with Crippen LogP contribution in [0.2, 0.25) is 0 Å². The SMILES string of the molecule is CC(CO)(CCc1ccccc1)NCC1CCCO1. The van der Waals surface area contributed by atoms with Gasteiger partial charge in [0.1, 0.15) is 0 Å². The molecule has 19 heavy (non-hydrogen) atoms. The Morgan fingerprint density at radius 2 is 2.16 bits per heavy atom. The molecule has 106 valence electrons. The van der Waals surface area contributed by atoms with E-state index in [2.05, 4.69) is 36.5 Å². The summed E-state index contributed by atoms with van der Waals surface area (Å²) in [6.45, 7) is 3.97. The van der Waals surface area contributed by atoms with Crippen molar-refractivity contribution in [3.05, 3.63) is 35.9 Å². The van der Waals surface area contributed by atoms with E-state index in [1.807, 2.05) is 6.07 Å². The minimum absolute atomic E-state index is 0.159. The largest absolute Gasteiger partial charge is 0.394 e. The predicted molar refractivity (Wildman–Crippen MR) is 77.2 cm³/mol. The van der Waals surface area contributed by atoms with Crippen molar-refractivity contribution in [1.82, 2.24) is 5.32 Å². The Kier molecular flexibility index (Phi) is 5.37. The first-order chi connectivity index (χ1) is 9.22. The molecule has 2 atom stereocenters. The smallest absolute Gasteiger partial charge is 0.0700 e. The lowest BCUT2D eigenvalue weighted by molar-refractivity contribution is 0.0894. The summed E-state index contributed by atoms with van der Waals surface area (Å²) in [7, 11) is 0. The van der Waals surface area contributed by atoms with Crippen LogP contribution in [0.25, 0.3) is 0 Å². The highest BCUT2D eigenvalue weighted by Gasteiger charge is 2.25. The number of benzene rings is 1. The first-order valence-electron chi connectivity index (χ1n) is 7.23. The van der Waals surface area contributed by atoms with Crippen LogP contribution < -0.4 is 5.32 Å². The molecule has 0 saturated carbocycles. The zero-order valence-electron chi connectivity index (χ0n) is 11.8. The molecular weight excluding hydrogens is 238 g/mol. The molecule has 1 aliphatic heterocycles. The maximum Gasteiger partial charge on any atom is 0.0700 e. The number of aliphatic hydroxyl groups is 1. The van der Waals surface area contributed by atoms with Crippen molar-refractivity contribution in [2.45, 2.75) is 44.2 Å². The standard InChI is InChI=1S/C16H25NO2/c1-16(13-18,17-12-15-8-5-11-19-15)10-9-14-6-3-2-4-7-14/h2-4,6-7,15,17-18H,5,8-13H2,1H3. The molecule has 3 nitrogen and oxygen atoms in total. The summed E-state index contributed by atoms with van der Waals surface area (Å²) in [5.41, 5.74) is 1.10. The summed E-state index contributed by atoms with van der Waals surface area (Å²) >= 11 is 0. The quantitative estimate of drug-likeness (QED) is 0.792. The van der Waals surface area contributed by atoms with Crippen LogP contribution in [0.15, 0.2) is 30.3 Å². The number of aryl methyl sites for hydroxylation is 1. The summed E-state index contributed by atoms with van der Waals surface area (Å²) in [4.78, 5) is 0. The van der Waals surface area contributed by atoms with Gasteiger partial charge in [0.05, 0.1) is 12.7 Å². The van der Waals surface area contributed by atoms with Crippen LogP contribution >= 0.6 is 0 Å². The van der Waals surface area contributed by atoms with Gasteiger partial charge in [0, 0.05) is 18.7 Å². The summed E-state index contributed by atoms with van der Waals surface area (Å²) in [5, 5.41) is 13.1. The minimum Gasteiger partial charge on any atom is -0.394 e. The zero-order valence-corrected chi connectivity index (χ0v) is 11.8. The fourth-order valence-electron chi connectivity index (χ4n) is 2.45. The molecular formula is C16H25NO2. The van der Waals surface area contributed by atoms with Crippen LogP contribution in [0, 0.1) is 0 Å². The van der Waals surface area contributed by atoms with Crippen LogP contribution in [0.4, 0.5) is 0 Å². The van der Waals surface area contributed by atoms with Gasteiger partial charge in [-0.15, -0.1) is 0 Å². The molecule has 3 heteroatoms. The Bertz CT molecular complexity index is 362. The molecule has 2 unspecified atom stereocenters. The van der Waals surface area contributed by atoms with Gasteiger partial charge in [-0.05, 0) is 38.2 Å². The van der Waals surface area contributed by atoms with Crippen LogP contribution in [0.5, 0.6) is 0 Å². The molecule has 1 heterocycles. The number of aliphatic hydroxyl groups excluding tert-OH is 1. The predicted octanol–water partition coefficient (Wildman–Crippen LogP) is 2.14.